The highest BCUT2D eigenvalue weighted by molar-refractivity contribution is 6.02. The number of benzene rings is 1. The summed E-state index contributed by atoms with van der Waals surface area (Å²) in [7, 11) is 0. The zero-order chi connectivity index (χ0) is 9.54. The molecule has 0 N–H and O–H groups in total. The van der Waals surface area contributed by atoms with Crippen molar-refractivity contribution in [3.63, 3.8) is 0 Å². The van der Waals surface area contributed by atoms with Gasteiger partial charge in [0.05, 0.1) is 12.1 Å². The van der Waals surface area contributed by atoms with Gasteiger partial charge in [-0.3, -0.25) is 4.79 Å². The summed E-state index contributed by atoms with van der Waals surface area (Å²) < 4.78 is 0. The summed E-state index contributed by atoms with van der Waals surface area (Å²) in [6.45, 7) is 0.906. The van der Waals surface area contributed by atoms with Gasteiger partial charge in [0.1, 0.15) is 0 Å². The molecule has 0 aliphatic carbocycles. The van der Waals surface area contributed by atoms with E-state index in [4.69, 9.17) is 0 Å². The molecule has 0 saturated heterocycles. The number of rotatable bonds is 0. The number of aryl methyl sites for hydroxylation is 1. The van der Waals surface area contributed by atoms with Gasteiger partial charge < -0.3 is 4.90 Å². The van der Waals surface area contributed by atoms with Crippen molar-refractivity contribution in [1.82, 2.24) is 0 Å². The maximum absolute atomic E-state index is 11.7. The molecule has 0 unspecified atom stereocenters. The molecular formula is C12H12NO. The van der Waals surface area contributed by atoms with Gasteiger partial charge in [-0.05, 0) is 48.6 Å². The molecule has 0 atom stereocenters. The van der Waals surface area contributed by atoms with Gasteiger partial charge in [-0.25, -0.2) is 0 Å². The molecule has 1 amide bonds. The minimum absolute atomic E-state index is 0.266. The number of anilines is 1. The number of carbonyl (C=O) groups excluding carboxylic acids is 1. The molecule has 2 heterocycles. The third-order valence-electron chi connectivity index (χ3n) is 3.11. The second-order valence-corrected chi connectivity index (χ2v) is 4.03. The maximum atomic E-state index is 11.7. The normalized spacial score (nSPS) is 19.4. The Morgan fingerprint density at radius 1 is 1.21 bits per heavy atom. The highest BCUT2D eigenvalue weighted by atomic mass is 16.2. The number of hydrogen-bond donors (Lipinski definition) is 0. The van der Waals surface area contributed by atoms with E-state index in [9.17, 15) is 4.79 Å². The Balaban J connectivity index is 2.20. The van der Waals surface area contributed by atoms with Crippen molar-refractivity contribution in [2.24, 2.45) is 0 Å². The first-order valence-corrected chi connectivity index (χ1v) is 5.18. The predicted octanol–water partition coefficient (Wildman–Crippen LogP) is 1.71. The molecule has 1 aromatic rings. The molecular weight excluding hydrogens is 174 g/mol. The van der Waals surface area contributed by atoms with Crippen molar-refractivity contribution in [3.8, 4) is 0 Å². The van der Waals surface area contributed by atoms with Crippen LogP contribution in [0.1, 0.15) is 24.0 Å². The van der Waals surface area contributed by atoms with Crippen LogP contribution in [0, 0.1) is 6.07 Å². The summed E-state index contributed by atoms with van der Waals surface area (Å²) in [5, 5.41) is 0. The van der Waals surface area contributed by atoms with Crippen LogP contribution >= 0.6 is 0 Å². The van der Waals surface area contributed by atoms with Crippen LogP contribution in [-0.2, 0) is 17.6 Å². The lowest BCUT2D eigenvalue weighted by molar-refractivity contribution is -0.117. The van der Waals surface area contributed by atoms with E-state index in [1.54, 1.807) is 0 Å². The molecule has 71 valence electrons. The Bertz CT molecular complexity index is 397. The van der Waals surface area contributed by atoms with Crippen molar-refractivity contribution >= 4 is 11.6 Å². The highest BCUT2D eigenvalue weighted by Gasteiger charge is 2.30. The summed E-state index contributed by atoms with van der Waals surface area (Å²) >= 11 is 0. The molecule has 2 heteroatoms. The van der Waals surface area contributed by atoms with E-state index in [2.05, 4.69) is 6.07 Å². The highest BCUT2D eigenvalue weighted by Crippen LogP contribution is 2.35. The van der Waals surface area contributed by atoms with Crippen LogP contribution in [0.3, 0.4) is 0 Å². The van der Waals surface area contributed by atoms with E-state index in [1.165, 1.54) is 23.2 Å². The van der Waals surface area contributed by atoms with Gasteiger partial charge in [0.25, 0.3) is 0 Å². The molecule has 2 aliphatic rings. The van der Waals surface area contributed by atoms with Crippen LogP contribution < -0.4 is 4.90 Å². The molecule has 0 saturated carbocycles. The Kier molecular flexibility index (Phi) is 1.63. The average molecular weight is 186 g/mol. The standard InChI is InChI=1S/C12H12NO/c14-11-8-10-6-3-5-9-4-1-2-7-13(11)12(9)10/h5-6H,1-2,4,7-8H2. The smallest absolute Gasteiger partial charge is 0.231 e. The lowest BCUT2D eigenvalue weighted by Gasteiger charge is -2.16. The second kappa shape index (κ2) is 2.84. The second-order valence-electron chi connectivity index (χ2n) is 4.03. The molecule has 2 nitrogen and oxygen atoms in total. The Hall–Kier alpha value is -1.31. The van der Waals surface area contributed by atoms with Crippen molar-refractivity contribution in [2.75, 3.05) is 11.4 Å². The Labute approximate surface area is 83.5 Å². The SMILES string of the molecule is O=C1Cc2c[c]cc3c2N1CCCC3. The molecule has 2 aliphatic heterocycles. The van der Waals surface area contributed by atoms with Gasteiger partial charge in [0, 0.05) is 6.54 Å². The maximum Gasteiger partial charge on any atom is 0.231 e. The summed E-state index contributed by atoms with van der Waals surface area (Å²) in [6, 6.07) is 7.13. The number of carbonyl (C=O) groups is 1. The topological polar surface area (TPSA) is 20.3 Å². The van der Waals surface area contributed by atoms with Crippen LogP contribution in [0.4, 0.5) is 5.69 Å². The summed E-state index contributed by atoms with van der Waals surface area (Å²) in [4.78, 5) is 13.7. The summed E-state index contributed by atoms with van der Waals surface area (Å²) in [6.07, 6.45) is 4.00. The lowest BCUT2D eigenvalue weighted by atomic mass is 10.0. The van der Waals surface area contributed by atoms with Crippen molar-refractivity contribution in [3.05, 3.63) is 29.3 Å². The van der Waals surface area contributed by atoms with Crippen LogP contribution in [0.2, 0.25) is 0 Å². The molecule has 0 aromatic heterocycles. The molecule has 3 rings (SSSR count). The van der Waals surface area contributed by atoms with Crippen molar-refractivity contribution < 1.29 is 4.79 Å². The minimum atomic E-state index is 0.266. The van der Waals surface area contributed by atoms with Crippen LogP contribution in [0.25, 0.3) is 0 Å². The average Bonchev–Trinajstić information content (AvgIpc) is 2.39. The fraction of sp³-hybridized carbons (Fsp3) is 0.417. The molecule has 1 aromatic carbocycles. The number of hydrogen-bond acceptors (Lipinski definition) is 1. The van der Waals surface area contributed by atoms with E-state index in [0.29, 0.717) is 6.42 Å². The Morgan fingerprint density at radius 2 is 2.07 bits per heavy atom. The van der Waals surface area contributed by atoms with E-state index in [0.717, 1.165) is 19.4 Å². The zero-order valence-electron chi connectivity index (χ0n) is 8.05. The van der Waals surface area contributed by atoms with Gasteiger partial charge in [-0.15, -0.1) is 0 Å². The Morgan fingerprint density at radius 3 is 3.00 bits per heavy atom. The summed E-state index contributed by atoms with van der Waals surface area (Å²) in [5.41, 5.74) is 3.69. The van der Waals surface area contributed by atoms with E-state index >= 15 is 0 Å². The van der Waals surface area contributed by atoms with Crippen molar-refractivity contribution in [2.45, 2.75) is 25.7 Å². The molecule has 0 bridgehead atoms. The molecule has 0 spiro atoms. The summed E-state index contributed by atoms with van der Waals surface area (Å²) in [5.74, 6) is 0.266. The third-order valence-corrected chi connectivity index (χ3v) is 3.11. The predicted molar refractivity (Wildman–Crippen MR) is 54.3 cm³/mol. The number of nitrogens with zero attached hydrogens (tertiary/aromatic N) is 1. The first-order chi connectivity index (χ1) is 6.86. The monoisotopic (exact) mass is 186 g/mol. The van der Waals surface area contributed by atoms with Crippen molar-refractivity contribution in [1.29, 1.82) is 0 Å². The van der Waals surface area contributed by atoms with Gasteiger partial charge in [0.15, 0.2) is 0 Å². The first-order valence-electron chi connectivity index (χ1n) is 5.18. The molecule has 1 radical (unpaired) electrons. The fourth-order valence-electron chi connectivity index (χ4n) is 2.46. The van der Waals surface area contributed by atoms with Gasteiger partial charge in [-0.1, -0.05) is 0 Å². The van der Waals surface area contributed by atoms with Crippen LogP contribution in [0.15, 0.2) is 12.1 Å². The van der Waals surface area contributed by atoms with Gasteiger partial charge in [0.2, 0.25) is 5.91 Å². The van der Waals surface area contributed by atoms with Crippen LogP contribution in [0.5, 0.6) is 0 Å². The zero-order valence-corrected chi connectivity index (χ0v) is 8.05. The first kappa shape index (κ1) is 8.04. The lowest BCUT2D eigenvalue weighted by Crippen LogP contribution is -2.27. The minimum Gasteiger partial charge on any atom is -0.312 e. The van der Waals surface area contributed by atoms with Gasteiger partial charge >= 0.3 is 0 Å². The molecule has 0 fully saturated rings. The quantitative estimate of drug-likeness (QED) is 0.604. The number of amides is 1. The van der Waals surface area contributed by atoms with Gasteiger partial charge in [-0.2, -0.15) is 0 Å². The fourth-order valence-corrected chi connectivity index (χ4v) is 2.46. The largest absolute Gasteiger partial charge is 0.312 e. The van der Waals surface area contributed by atoms with E-state index < -0.39 is 0 Å². The van der Waals surface area contributed by atoms with E-state index in [1.807, 2.05) is 17.0 Å². The third kappa shape index (κ3) is 0.999. The van der Waals surface area contributed by atoms with Crippen LogP contribution in [-0.4, -0.2) is 12.5 Å². The molecule has 14 heavy (non-hydrogen) atoms. The van der Waals surface area contributed by atoms with E-state index in [-0.39, 0.29) is 5.91 Å².